The molecule has 1 N–H and O–H groups in total. The molecular weight excluding hydrogens is 358 g/mol. The first-order chi connectivity index (χ1) is 13.2. The molecule has 1 aromatic rings. The van der Waals surface area contributed by atoms with Crippen molar-refractivity contribution in [1.29, 1.82) is 5.26 Å². The molecule has 6 heteroatoms. The first-order valence-electron chi connectivity index (χ1n) is 9.75. The van der Waals surface area contributed by atoms with Crippen LogP contribution in [0.3, 0.4) is 0 Å². The zero-order valence-electron chi connectivity index (χ0n) is 17.1. The van der Waals surface area contributed by atoms with Gasteiger partial charge in [-0.05, 0) is 63.6 Å². The summed E-state index contributed by atoms with van der Waals surface area (Å²) in [6.07, 6.45) is 2.30. The number of unbranched alkanes of at least 4 members (excludes halogenated alkanes) is 2. The lowest BCUT2D eigenvalue weighted by molar-refractivity contribution is -0.165. The monoisotopic (exact) mass is 387 g/mol. The van der Waals surface area contributed by atoms with Crippen molar-refractivity contribution in [2.75, 3.05) is 0 Å². The van der Waals surface area contributed by atoms with Gasteiger partial charge in [0.05, 0.1) is 18.9 Å². The summed E-state index contributed by atoms with van der Waals surface area (Å²) in [7, 11) is 0. The Balaban J connectivity index is 2.28. The summed E-state index contributed by atoms with van der Waals surface area (Å²) in [6, 6.07) is 4.25. The highest BCUT2D eigenvalue weighted by molar-refractivity contribution is 5.76. The predicted octanol–water partition coefficient (Wildman–Crippen LogP) is 4.17. The lowest BCUT2D eigenvalue weighted by Crippen LogP contribution is -2.51. The molecule has 0 fully saturated rings. The lowest BCUT2D eigenvalue weighted by Gasteiger charge is -2.43. The van der Waals surface area contributed by atoms with Crippen molar-refractivity contribution in [2.45, 2.75) is 84.3 Å². The molecule has 1 heterocycles. The van der Waals surface area contributed by atoms with Gasteiger partial charge in [-0.2, -0.15) is 5.26 Å². The Labute approximate surface area is 166 Å². The van der Waals surface area contributed by atoms with E-state index < -0.39 is 23.6 Å². The summed E-state index contributed by atoms with van der Waals surface area (Å²) in [5.41, 5.74) is 3.65. The number of carbonyl (C=O) groups excluding carboxylic acids is 1. The number of esters is 1. The van der Waals surface area contributed by atoms with Crippen LogP contribution in [0.5, 0.6) is 5.75 Å². The first-order valence-corrected chi connectivity index (χ1v) is 9.75. The van der Waals surface area contributed by atoms with Gasteiger partial charge in [0.25, 0.3) is 0 Å². The number of fused-ring (bicyclic) bond motifs is 1. The van der Waals surface area contributed by atoms with Gasteiger partial charge in [-0.1, -0.05) is 6.07 Å². The first kappa shape index (κ1) is 21.7. The zero-order chi connectivity index (χ0) is 20.9. The van der Waals surface area contributed by atoms with E-state index in [1.165, 1.54) is 0 Å². The molecule has 1 unspecified atom stereocenters. The molecule has 2 atom stereocenters. The number of aliphatic carboxylic acids is 1. The van der Waals surface area contributed by atoms with Crippen LogP contribution in [0.15, 0.2) is 6.07 Å². The number of nitriles is 1. The number of hydrogen-bond acceptors (Lipinski definition) is 5. The van der Waals surface area contributed by atoms with Crippen LogP contribution in [-0.2, 0) is 20.7 Å². The molecule has 0 saturated heterocycles. The van der Waals surface area contributed by atoms with Crippen molar-refractivity contribution < 1.29 is 24.2 Å². The molecule has 6 nitrogen and oxygen atoms in total. The fourth-order valence-electron chi connectivity index (χ4n) is 3.68. The number of carbonyl (C=O) groups is 2. The van der Waals surface area contributed by atoms with Gasteiger partial charge in [-0.15, -0.1) is 0 Å². The Morgan fingerprint density at radius 1 is 1.29 bits per heavy atom. The van der Waals surface area contributed by atoms with Crippen molar-refractivity contribution in [2.24, 2.45) is 0 Å². The third kappa shape index (κ3) is 5.03. The minimum Gasteiger partial charge on any atom is -0.483 e. The molecule has 0 spiro atoms. The number of ether oxygens (including phenoxy) is 2. The Morgan fingerprint density at radius 3 is 2.64 bits per heavy atom. The van der Waals surface area contributed by atoms with Crippen LogP contribution < -0.4 is 4.74 Å². The zero-order valence-corrected chi connectivity index (χ0v) is 17.1. The fourth-order valence-corrected chi connectivity index (χ4v) is 3.68. The van der Waals surface area contributed by atoms with Gasteiger partial charge in [-0.3, -0.25) is 9.59 Å². The molecule has 0 bridgehead atoms. The molecule has 0 radical (unpaired) electrons. The highest BCUT2D eigenvalue weighted by Crippen LogP contribution is 2.42. The minimum atomic E-state index is -1.02. The SMILES string of the molecule is Cc1cc(C)c2c(c1C)O[C@](C)(CCCCC#N)C(OC(=O)CCC(=O)O)C2. The number of rotatable bonds is 8. The van der Waals surface area contributed by atoms with Crippen LogP contribution in [0.2, 0.25) is 0 Å². The van der Waals surface area contributed by atoms with E-state index in [9.17, 15) is 9.59 Å². The van der Waals surface area contributed by atoms with Gasteiger partial charge in [0.1, 0.15) is 17.5 Å². The third-order valence-electron chi connectivity index (χ3n) is 5.55. The molecule has 0 aliphatic carbocycles. The number of benzene rings is 1. The van der Waals surface area contributed by atoms with Crippen molar-refractivity contribution in [3.63, 3.8) is 0 Å². The number of carboxylic acids is 1. The second-order valence-corrected chi connectivity index (χ2v) is 7.80. The summed E-state index contributed by atoms with van der Waals surface area (Å²) in [5, 5.41) is 17.6. The second-order valence-electron chi connectivity index (χ2n) is 7.80. The Morgan fingerprint density at radius 2 is 2.00 bits per heavy atom. The summed E-state index contributed by atoms with van der Waals surface area (Å²) in [4.78, 5) is 23.0. The van der Waals surface area contributed by atoms with E-state index in [1.807, 2.05) is 27.7 Å². The summed E-state index contributed by atoms with van der Waals surface area (Å²) in [5.74, 6) is -0.689. The molecule has 0 aromatic heterocycles. The average molecular weight is 387 g/mol. The third-order valence-corrected chi connectivity index (χ3v) is 5.55. The van der Waals surface area contributed by atoms with Crippen LogP contribution in [0.1, 0.15) is 67.7 Å². The van der Waals surface area contributed by atoms with E-state index in [4.69, 9.17) is 19.8 Å². The van der Waals surface area contributed by atoms with E-state index >= 15 is 0 Å². The van der Waals surface area contributed by atoms with Crippen LogP contribution >= 0.6 is 0 Å². The molecule has 152 valence electrons. The van der Waals surface area contributed by atoms with Crippen LogP contribution in [-0.4, -0.2) is 28.8 Å². The maximum atomic E-state index is 12.2. The Bertz CT molecular complexity index is 795. The summed E-state index contributed by atoms with van der Waals surface area (Å²) >= 11 is 0. The number of nitrogens with zero attached hydrogens (tertiary/aromatic N) is 1. The summed E-state index contributed by atoms with van der Waals surface area (Å²) in [6.45, 7) is 8.04. The van der Waals surface area contributed by atoms with Gasteiger partial charge >= 0.3 is 11.9 Å². The van der Waals surface area contributed by atoms with Crippen LogP contribution in [0, 0.1) is 32.1 Å². The van der Waals surface area contributed by atoms with Gasteiger partial charge < -0.3 is 14.6 Å². The molecule has 28 heavy (non-hydrogen) atoms. The molecule has 1 aliphatic heterocycles. The maximum Gasteiger partial charge on any atom is 0.306 e. The fraction of sp³-hybridized carbons (Fsp3) is 0.591. The van der Waals surface area contributed by atoms with Gasteiger partial charge in [0.15, 0.2) is 0 Å². The molecule has 2 rings (SSSR count). The number of hydrogen-bond donors (Lipinski definition) is 1. The lowest BCUT2D eigenvalue weighted by atomic mass is 9.82. The largest absolute Gasteiger partial charge is 0.483 e. The molecule has 1 aromatic carbocycles. The topological polar surface area (TPSA) is 96.6 Å². The van der Waals surface area contributed by atoms with Crippen molar-refractivity contribution in [1.82, 2.24) is 0 Å². The average Bonchev–Trinajstić information content (AvgIpc) is 2.63. The van der Waals surface area contributed by atoms with Crippen LogP contribution in [0.4, 0.5) is 0 Å². The number of carboxylic acid groups (broad SMARTS) is 1. The quantitative estimate of drug-likeness (QED) is 0.531. The van der Waals surface area contributed by atoms with Crippen molar-refractivity contribution in [3.8, 4) is 11.8 Å². The van der Waals surface area contributed by atoms with Gasteiger partial charge in [0, 0.05) is 18.4 Å². The Kier molecular flexibility index (Phi) is 7.06. The van der Waals surface area contributed by atoms with Crippen molar-refractivity contribution in [3.05, 3.63) is 28.3 Å². The predicted molar refractivity (Wildman–Crippen MR) is 104 cm³/mol. The second kappa shape index (κ2) is 9.09. The van der Waals surface area contributed by atoms with Gasteiger partial charge in [0.2, 0.25) is 0 Å². The smallest absolute Gasteiger partial charge is 0.306 e. The minimum absolute atomic E-state index is 0.158. The van der Waals surface area contributed by atoms with Crippen molar-refractivity contribution >= 4 is 11.9 Å². The van der Waals surface area contributed by atoms with Gasteiger partial charge in [-0.25, -0.2) is 0 Å². The maximum absolute atomic E-state index is 12.2. The van der Waals surface area contributed by atoms with E-state index in [-0.39, 0.29) is 12.8 Å². The molecule has 0 amide bonds. The molecular formula is C22H29NO5. The van der Waals surface area contributed by atoms with E-state index in [1.54, 1.807) is 0 Å². The Hall–Kier alpha value is -2.55. The van der Waals surface area contributed by atoms with E-state index in [2.05, 4.69) is 12.1 Å². The highest BCUT2D eigenvalue weighted by atomic mass is 16.6. The van der Waals surface area contributed by atoms with E-state index in [0.717, 1.165) is 40.8 Å². The van der Waals surface area contributed by atoms with Crippen LogP contribution in [0.25, 0.3) is 0 Å². The standard InChI is InChI=1S/C22H29NO5/c1-14-12-15(2)17-13-18(27-20(26)9-8-19(24)25)22(4,10-6-5-7-11-23)28-21(17)16(14)3/h12,18H,5-10,13H2,1-4H3,(H,24,25)/t18?,22-/m1/s1. The highest BCUT2D eigenvalue weighted by Gasteiger charge is 2.44. The molecule has 0 saturated carbocycles. The summed E-state index contributed by atoms with van der Waals surface area (Å²) < 4.78 is 12.2. The normalized spacial score (nSPS) is 20.6. The molecule has 1 aliphatic rings. The van der Waals surface area contributed by atoms with E-state index in [0.29, 0.717) is 19.3 Å². The number of aryl methyl sites for hydroxylation is 2.